The highest BCUT2D eigenvalue weighted by molar-refractivity contribution is 7.53. The van der Waals surface area contributed by atoms with Crippen molar-refractivity contribution in [3.63, 3.8) is 0 Å². The molecule has 1 heterocycles. The summed E-state index contributed by atoms with van der Waals surface area (Å²) in [6, 6.07) is 14.1. The predicted molar refractivity (Wildman–Crippen MR) is 153 cm³/mol. The van der Waals surface area contributed by atoms with E-state index in [4.69, 9.17) is 13.8 Å². The molecule has 0 aliphatic carbocycles. The topological polar surface area (TPSA) is 131 Å². The van der Waals surface area contributed by atoms with E-state index in [0.29, 0.717) is 11.1 Å². The van der Waals surface area contributed by atoms with Gasteiger partial charge in [-0.15, -0.1) is 6.58 Å². The molecule has 3 atom stereocenters. The molecule has 0 spiro atoms. The number of nitrogens with zero attached hydrogens (tertiary/aromatic N) is 4. The van der Waals surface area contributed by atoms with Gasteiger partial charge >= 0.3 is 13.7 Å². The van der Waals surface area contributed by atoms with Crippen molar-refractivity contribution in [3.05, 3.63) is 94.4 Å². The number of benzene rings is 2. The van der Waals surface area contributed by atoms with E-state index in [1.807, 2.05) is 47.6 Å². The van der Waals surface area contributed by atoms with Crippen molar-refractivity contribution in [1.29, 1.82) is 0 Å². The number of amides is 2. The van der Waals surface area contributed by atoms with Gasteiger partial charge < -0.3 is 13.8 Å². The van der Waals surface area contributed by atoms with Crippen molar-refractivity contribution < 1.29 is 27.9 Å². The van der Waals surface area contributed by atoms with Crippen LogP contribution in [0.25, 0.3) is 10.4 Å². The van der Waals surface area contributed by atoms with E-state index < -0.39 is 48.8 Å². The molecule has 0 radical (unpaired) electrons. The lowest BCUT2D eigenvalue weighted by Crippen LogP contribution is -2.42. The van der Waals surface area contributed by atoms with E-state index in [1.165, 1.54) is 6.08 Å². The van der Waals surface area contributed by atoms with Crippen molar-refractivity contribution in [2.75, 3.05) is 6.61 Å². The number of cyclic esters (lactones) is 1. The SMILES string of the molecule is C=C[C@H](c1ccc(CP(=O)(OC(C)(C)C)OC(C)(C)C)cc1)[C@H](N=[N+]=[N-])C(=O)N1C(=O)OC[C@@H]1c1ccccc1. The molecule has 11 heteroatoms. The molecular formula is C29H37N4O6P. The first-order valence-corrected chi connectivity index (χ1v) is 14.7. The van der Waals surface area contributed by atoms with Crippen LogP contribution in [0.5, 0.6) is 0 Å². The van der Waals surface area contributed by atoms with Gasteiger partial charge in [-0.25, -0.2) is 9.69 Å². The molecule has 3 rings (SSSR count). The molecule has 2 amide bonds. The third-order valence-corrected chi connectivity index (χ3v) is 8.29. The number of rotatable bonds is 10. The first kappa shape index (κ1) is 31.1. The summed E-state index contributed by atoms with van der Waals surface area (Å²) in [5.41, 5.74) is 9.97. The summed E-state index contributed by atoms with van der Waals surface area (Å²) in [4.78, 5) is 30.2. The molecule has 0 N–H and O–H groups in total. The predicted octanol–water partition coefficient (Wildman–Crippen LogP) is 7.68. The first-order chi connectivity index (χ1) is 18.7. The van der Waals surface area contributed by atoms with Gasteiger partial charge in [-0.1, -0.05) is 65.8 Å². The number of hydrogen-bond donors (Lipinski definition) is 0. The summed E-state index contributed by atoms with van der Waals surface area (Å²) in [6.07, 6.45) is 0.739. The summed E-state index contributed by atoms with van der Waals surface area (Å²) >= 11 is 0. The van der Waals surface area contributed by atoms with Gasteiger partial charge in [0.15, 0.2) is 0 Å². The molecule has 1 aliphatic heterocycles. The van der Waals surface area contributed by atoms with Crippen LogP contribution in [0, 0.1) is 0 Å². The van der Waals surface area contributed by atoms with E-state index >= 15 is 0 Å². The van der Waals surface area contributed by atoms with Gasteiger partial charge in [0.1, 0.15) is 18.7 Å². The average Bonchev–Trinajstić information content (AvgIpc) is 3.23. The van der Waals surface area contributed by atoms with Crippen molar-refractivity contribution in [1.82, 2.24) is 4.90 Å². The minimum absolute atomic E-state index is 0.00163. The number of hydrogen-bond acceptors (Lipinski definition) is 7. The molecule has 1 aliphatic rings. The van der Waals surface area contributed by atoms with Crippen molar-refractivity contribution in [2.45, 2.75) is 76.9 Å². The monoisotopic (exact) mass is 568 g/mol. The smallest absolute Gasteiger partial charge is 0.417 e. The minimum atomic E-state index is -3.53. The van der Waals surface area contributed by atoms with Crippen LogP contribution < -0.4 is 0 Å². The Labute approximate surface area is 235 Å². The Hall–Kier alpha value is -3.42. The quantitative estimate of drug-likeness (QED) is 0.0950. The van der Waals surface area contributed by atoms with Crippen LogP contribution >= 0.6 is 7.60 Å². The lowest BCUT2D eigenvalue weighted by Gasteiger charge is -2.32. The van der Waals surface area contributed by atoms with Gasteiger partial charge in [-0.3, -0.25) is 9.36 Å². The third kappa shape index (κ3) is 8.05. The zero-order valence-electron chi connectivity index (χ0n) is 23.8. The van der Waals surface area contributed by atoms with Gasteiger partial charge in [0.2, 0.25) is 5.91 Å². The molecule has 10 nitrogen and oxygen atoms in total. The number of azide groups is 1. The number of ether oxygens (including phenoxy) is 1. The van der Waals surface area contributed by atoms with E-state index in [2.05, 4.69) is 16.6 Å². The van der Waals surface area contributed by atoms with Crippen LogP contribution in [-0.4, -0.2) is 40.8 Å². The van der Waals surface area contributed by atoms with E-state index in [-0.39, 0.29) is 12.8 Å². The second kappa shape index (κ2) is 12.4. The van der Waals surface area contributed by atoms with Crippen LogP contribution in [0.4, 0.5) is 4.79 Å². The number of imide groups is 1. The van der Waals surface area contributed by atoms with Crippen LogP contribution in [0.2, 0.25) is 0 Å². The maximum Gasteiger partial charge on any atom is 0.417 e. The summed E-state index contributed by atoms with van der Waals surface area (Å²) in [7, 11) is -3.53. The third-order valence-electron chi connectivity index (χ3n) is 5.88. The van der Waals surface area contributed by atoms with Crippen LogP contribution in [-0.2, 0) is 29.3 Å². The molecule has 40 heavy (non-hydrogen) atoms. The summed E-state index contributed by atoms with van der Waals surface area (Å²) < 4.78 is 30.6. The van der Waals surface area contributed by atoms with Gasteiger partial charge in [0.05, 0.1) is 17.4 Å². The van der Waals surface area contributed by atoms with E-state index in [0.717, 1.165) is 10.5 Å². The molecule has 0 saturated carbocycles. The highest BCUT2D eigenvalue weighted by Gasteiger charge is 2.43. The molecule has 0 bridgehead atoms. The summed E-state index contributed by atoms with van der Waals surface area (Å²) in [5.74, 6) is -1.43. The molecule has 2 aromatic carbocycles. The van der Waals surface area contributed by atoms with Crippen LogP contribution in [0.1, 0.15) is 70.2 Å². The van der Waals surface area contributed by atoms with Gasteiger partial charge in [-0.05, 0) is 63.8 Å². The fraction of sp³-hybridized carbons (Fsp3) is 0.448. The standard InChI is InChI=1S/C29H37N4O6P/c1-8-23(21-16-14-20(15-17-21)19-40(36,38-28(2,3)4)39-29(5,6)7)25(31-32-30)26(34)33-24(18-37-27(33)35)22-12-10-9-11-13-22/h8-17,23-25H,1,18-19H2,2-7H3/t23-,24-,25+/m1/s1. The molecule has 1 saturated heterocycles. The van der Waals surface area contributed by atoms with Gasteiger partial charge in [0, 0.05) is 10.8 Å². The maximum absolute atomic E-state index is 13.7. The Bertz CT molecular complexity index is 1290. The Morgan fingerprint density at radius 2 is 1.70 bits per heavy atom. The fourth-order valence-electron chi connectivity index (χ4n) is 4.49. The molecule has 214 valence electrons. The number of carbonyl (C=O) groups excluding carboxylic acids is 2. The molecule has 2 aromatic rings. The summed E-state index contributed by atoms with van der Waals surface area (Å²) in [5, 5.41) is 3.77. The summed E-state index contributed by atoms with van der Waals surface area (Å²) in [6.45, 7) is 14.7. The number of carbonyl (C=O) groups is 2. The Balaban J connectivity index is 1.89. The van der Waals surface area contributed by atoms with E-state index in [1.54, 1.807) is 48.5 Å². The first-order valence-electron chi connectivity index (χ1n) is 13.0. The fourth-order valence-corrected chi connectivity index (χ4v) is 6.99. The van der Waals surface area contributed by atoms with Crippen molar-refractivity contribution in [2.24, 2.45) is 5.11 Å². The highest BCUT2D eigenvalue weighted by Crippen LogP contribution is 2.57. The second-order valence-electron chi connectivity index (χ2n) is 11.5. The van der Waals surface area contributed by atoms with Gasteiger partial charge in [0.25, 0.3) is 0 Å². The highest BCUT2D eigenvalue weighted by atomic mass is 31.2. The van der Waals surface area contributed by atoms with Crippen molar-refractivity contribution >= 4 is 19.6 Å². The Kier molecular flexibility index (Phi) is 9.64. The Morgan fingerprint density at radius 1 is 1.12 bits per heavy atom. The molecule has 1 fully saturated rings. The average molecular weight is 569 g/mol. The molecule has 0 aromatic heterocycles. The van der Waals surface area contributed by atoms with Gasteiger partial charge in [-0.2, -0.15) is 0 Å². The zero-order chi connectivity index (χ0) is 29.7. The lowest BCUT2D eigenvalue weighted by molar-refractivity contribution is -0.130. The zero-order valence-corrected chi connectivity index (χ0v) is 24.7. The molecular weight excluding hydrogens is 531 g/mol. The van der Waals surface area contributed by atoms with E-state index in [9.17, 15) is 19.7 Å². The Morgan fingerprint density at radius 3 is 2.20 bits per heavy atom. The normalized spacial score (nSPS) is 17.5. The van der Waals surface area contributed by atoms with Crippen LogP contribution in [0.3, 0.4) is 0 Å². The van der Waals surface area contributed by atoms with Crippen molar-refractivity contribution in [3.8, 4) is 0 Å². The molecule has 0 unspecified atom stereocenters. The second-order valence-corrected chi connectivity index (χ2v) is 13.4. The minimum Gasteiger partial charge on any atom is -0.446 e. The maximum atomic E-state index is 13.7. The van der Waals surface area contributed by atoms with Crippen LogP contribution in [0.15, 0.2) is 72.4 Å². The largest absolute Gasteiger partial charge is 0.446 e. The lowest BCUT2D eigenvalue weighted by atomic mass is 9.90.